The summed E-state index contributed by atoms with van der Waals surface area (Å²) in [6, 6.07) is 14.6. The van der Waals surface area contributed by atoms with Gasteiger partial charge in [-0.15, -0.1) is 0 Å². The number of likely N-dealkylation sites (tertiary alicyclic amines) is 1. The molecule has 0 radical (unpaired) electrons. The predicted molar refractivity (Wildman–Crippen MR) is 164 cm³/mol. The van der Waals surface area contributed by atoms with Crippen LogP contribution in [0.4, 0.5) is 0 Å². The number of hydrogen-bond donors (Lipinski definition) is 4. The van der Waals surface area contributed by atoms with Gasteiger partial charge in [0.25, 0.3) is 0 Å². The Morgan fingerprint density at radius 2 is 1.34 bits per heavy atom. The van der Waals surface area contributed by atoms with E-state index >= 15 is 0 Å². The number of aromatic nitrogens is 4. The van der Waals surface area contributed by atoms with Gasteiger partial charge in [0.05, 0.1) is 35.9 Å². The molecule has 1 aliphatic carbocycles. The van der Waals surface area contributed by atoms with Crippen LogP contribution in [-0.2, 0) is 11.8 Å². The van der Waals surface area contributed by atoms with Gasteiger partial charge in [0.15, 0.2) is 0 Å². The second kappa shape index (κ2) is 10.2. The molecule has 5 heterocycles. The van der Waals surface area contributed by atoms with E-state index in [0.717, 1.165) is 49.7 Å². The highest BCUT2D eigenvalue weighted by Crippen LogP contribution is 2.52. The maximum absolute atomic E-state index is 4.82. The van der Waals surface area contributed by atoms with Gasteiger partial charge in [-0.1, -0.05) is 36.4 Å². The maximum atomic E-state index is 4.82. The molecule has 2 unspecified atom stereocenters. The lowest BCUT2D eigenvalue weighted by Crippen LogP contribution is -2.39. The summed E-state index contributed by atoms with van der Waals surface area (Å²) >= 11 is 0. The Kier molecular flexibility index (Phi) is 6.35. The van der Waals surface area contributed by atoms with Crippen LogP contribution in [0.25, 0.3) is 33.6 Å². The minimum Gasteiger partial charge on any atom is -0.341 e. The number of imidazole rings is 2. The molecule has 2 atom stereocenters. The first kappa shape index (κ1) is 25.5. The minimum absolute atomic E-state index is 0.258. The number of hydrogen-bond acceptors (Lipinski definition) is 5. The van der Waals surface area contributed by atoms with Crippen molar-refractivity contribution in [1.29, 1.82) is 0 Å². The number of fused-ring (bicyclic) bond motifs is 2. The Morgan fingerprint density at radius 3 is 2.00 bits per heavy atom. The summed E-state index contributed by atoms with van der Waals surface area (Å²) in [5.41, 5.74) is 10.9. The number of nitrogens with one attached hydrogen (secondary N) is 4. The molecular formula is C34H41N7. The molecule has 2 aromatic heterocycles. The molecule has 4 aliphatic rings. The van der Waals surface area contributed by atoms with Crippen LogP contribution in [0.1, 0.15) is 79.8 Å². The van der Waals surface area contributed by atoms with Gasteiger partial charge in [0.2, 0.25) is 0 Å². The van der Waals surface area contributed by atoms with Crippen molar-refractivity contribution in [3.05, 3.63) is 71.6 Å². The Morgan fingerprint density at radius 1 is 0.732 bits per heavy atom. The van der Waals surface area contributed by atoms with Crippen molar-refractivity contribution in [3.63, 3.8) is 0 Å². The second-order valence-corrected chi connectivity index (χ2v) is 12.8. The third-order valence-electron chi connectivity index (χ3n) is 10.4. The monoisotopic (exact) mass is 547 g/mol. The minimum atomic E-state index is 0.258. The Bertz CT molecular complexity index is 1530. The van der Waals surface area contributed by atoms with Crippen molar-refractivity contribution in [1.82, 2.24) is 35.5 Å². The van der Waals surface area contributed by atoms with Crippen LogP contribution in [0.5, 0.6) is 0 Å². The van der Waals surface area contributed by atoms with Gasteiger partial charge in [-0.2, -0.15) is 0 Å². The summed E-state index contributed by atoms with van der Waals surface area (Å²) in [6.45, 7) is 4.50. The number of rotatable bonds is 5. The van der Waals surface area contributed by atoms with Crippen molar-refractivity contribution < 1.29 is 0 Å². The van der Waals surface area contributed by atoms with Crippen LogP contribution < -0.4 is 10.6 Å². The average molecular weight is 548 g/mol. The molecule has 8 rings (SSSR count). The zero-order valence-corrected chi connectivity index (χ0v) is 24.1. The normalized spacial score (nSPS) is 23.9. The lowest BCUT2D eigenvalue weighted by atomic mass is 9.71. The molecule has 2 aromatic carbocycles. The first-order valence-electron chi connectivity index (χ1n) is 15.7. The highest BCUT2D eigenvalue weighted by molar-refractivity contribution is 5.80. The largest absolute Gasteiger partial charge is 0.341 e. The average Bonchev–Trinajstić information content (AvgIpc) is 3.85. The van der Waals surface area contributed by atoms with Gasteiger partial charge in [-0.3, -0.25) is 0 Å². The van der Waals surface area contributed by atoms with Crippen LogP contribution in [0, 0.1) is 0 Å². The summed E-state index contributed by atoms with van der Waals surface area (Å²) in [6.07, 6.45) is 13.7. The highest BCUT2D eigenvalue weighted by Gasteiger charge is 2.43. The third-order valence-corrected chi connectivity index (χ3v) is 10.4. The zero-order chi connectivity index (χ0) is 27.4. The topological polar surface area (TPSA) is 84.7 Å². The first-order valence-corrected chi connectivity index (χ1v) is 15.7. The number of aromatic amines is 2. The molecule has 0 saturated carbocycles. The molecular weight excluding hydrogens is 506 g/mol. The summed E-state index contributed by atoms with van der Waals surface area (Å²) in [5.74, 6) is 2.15. The number of piperidine rings is 1. The van der Waals surface area contributed by atoms with Gasteiger partial charge in [0, 0.05) is 5.56 Å². The SMILES string of the molecule is CN1CCC2(CCc3c(-c4cnc(C5CCCN5)[nH]4)ccc(-c4ccc(-c5cnc(C6CCCN6)[nH]5)cc4)c32)CC1. The molecule has 7 heteroatoms. The third kappa shape index (κ3) is 4.46. The number of H-pyrrole nitrogens is 2. The summed E-state index contributed by atoms with van der Waals surface area (Å²) in [7, 11) is 2.27. The van der Waals surface area contributed by atoms with E-state index < -0.39 is 0 Å². The molecule has 0 amide bonds. The van der Waals surface area contributed by atoms with Crippen molar-refractivity contribution in [2.24, 2.45) is 0 Å². The van der Waals surface area contributed by atoms with E-state index in [1.807, 2.05) is 6.20 Å². The fraction of sp³-hybridized carbons (Fsp3) is 0.471. The predicted octanol–water partition coefficient (Wildman–Crippen LogP) is 5.89. The highest BCUT2D eigenvalue weighted by atomic mass is 15.1. The van der Waals surface area contributed by atoms with Crippen molar-refractivity contribution in [2.45, 2.75) is 68.9 Å². The van der Waals surface area contributed by atoms with Crippen LogP contribution in [0.2, 0.25) is 0 Å². The van der Waals surface area contributed by atoms with Gasteiger partial charge >= 0.3 is 0 Å². The smallest absolute Gasteiger partial charge is 0.123 e. The lowest BCUT2D eigenvalue weighted by molar-refractivity contribution is 0.187. The Balaban J connectivity index is 1.16. The molecule has 41 heavy (non-hydrogen) atoms. The standard InChI is InChI=1S/C34H41N7/c1-41-18-14-34(15-19-41)13-12-26-25(30-21-38-33(40-30)28-5-3-17-36-28)11-10-24(31(26)34)22-6-8-23(9-7-22)29-20-37-32(39-29)27-4-2-16-35-27/h6-11,20-21,27-28,35-36H,2-5,12-19H2,1H3,(H,37,39)(H,38,40). The van der Waals surface area contributed by atoms with Crippen LogP contribution in [-0.4, -0.2) is 58.1 Å². The summed E-state index contributed by atoms with van der Waals surface area (Å²) < 4.78 is 0. The molecule has 0 bridgehead atoms. The molecule has 3 aliphatic heterocycles. The van der Waals surface area contributed by atoms with E-state index in [0.29, 0.717) is 12.1 Å². The lowest BCUT2D eigenvalue weighted by Gasteiger charge is -2.40. The van der Waals surface area contributed by atoms with Crippen molar-refractivity contribution in [2.75, 3.05) is 33.2 Å². The molecule has 3 fully saturated rings. The van der Waals surface area contributed by atoms with E-state index in [1.165, 1.54) is 78.7 Å². The van der Waals surface area contributed by atoms with E-state index in [4.69, 9.17) is 9.97 Å². The van der Waals surface area contributed by atoms with E-state index in [-0.39, 0.29) is 5.41 Å². The molecule has 212 valence electrons. The zero-order valence-electron chi connectivity index (χ0n) is 24.1. The Labute approximate surface area is 242 Å². The quantitative estimate of drug-likeness (QED) is 0.250. The number of nitrogens with zero attached hydrogens (tertiary/aromatic N) is 3. The Hall–Kier alpha value is -3.26. The number of benzene rings is 2. The maximum Gasteiger partial charge on any atom is 0.123 e. The fourth-order valence-corrected chi connectivity index (χ4v) is 8.02. The summed E-state index contributed by atoms with van der Waals surface area (Å²) in [4.78, 5) is 19.3. The van der Waals surface area contributed by atoms with Gasteiger partial charge in [-0.25, -0.2) is 9.97 Å². The van der Waals surface area contributed by atoms with Crippen LogP contribution in [0.15, 0.2) is 48.8 Å². The van der Waals surface area contributed by atoms with Gasteiger partial charge in [-0.05, 0) is 118 Å². The van der Waals surface area contributed by atoms with Gasteiger partial charge in [0.1, 0.15) is 11.6 Å². The van der Waals surface area contributed by atoms with E-state index in [9.17, 15) is 0 Å². The van der Waals surface area contributed by atoms with E-state index in [1.54, 1.807) is 5.56 Å². The molecule has 1 spiro atoms. The van der Waals surface area contributed by atoms with Crippen molar-refractivity contribution >= 4 is 0 Å². The fourth-order valence-electron chi connectivity index (χ4n) is 8.02. The second-order valence-electron chi connectivity index (χ2n) is 12.8. The molecule has 4 N–H and O–H groups in total. The first-order chi connectivity index (χ1) is 20.2. The van der Waals surface area contributed by atoms with Gasteiger partial charge < -0.3 is 25.5 Å². The molecule has 3 saturated heterocycles. The summed E-state index contributed by atoms with van der Waals surface area (Å²) in [5, 5.41) is 7.14. The van der Waals surface area contributed by atoms with Crippen LogP contribution in [0.3, 0.4) is 0 Å². The molecule has 7 nitrogen and oxygen atoms in total. The van der Waals surface area contributed by atoms with Crippen molar-refractivity contribution in [3.8, 4) is 33.6 Å². The van der Waals surface area contributed by atoms with Crippen LogP contribution >= 0.6 is 0 Å². The van der Waals surface area contributed by atoms with E-state index in [2.05, 4.69) is 75.1 Å². The molecule has 4 aromatic rings.